The van der Waals surface area contributed by atoms with Gasteiger partial charge in [-0.05, 0) is 18.4 Å². The fourth-order valence-corrected chi connectivity index (χ4v) is 5.65. The number of carbonyl (C=O) groups is 2. The number of nitrogens with two attached hydrogens (primary N) is 2. The lowest BCUT2D eigenvalue weighted by molar-refractivity contribution is 0.00977. The van der Waals surface area contributed by atoms with E-state index in [9.17, 15) is 9.59 Å². The number of aromatic nitrogens is 3. The minimum Gasteiger partial charge on any atom is -0.497 e. The Kier molecular flexibility index (Phi) is 14.7. The first-order chi connectivity index (χ1) is 25.4. The van der Waals surface area contributed by atoms with E-state index >= 15 is 0 Å². The van der Waals surface area contributed by atoms with Crippen LogP contribution in [0.3, 0.4) is 0 Å². The van der Waals surface area contributed by atoms with Crippen LogP contribution in [-0.2, 0) is 25.6 Å². The molecule has 0 unspecified atom stereocenters. The molecule has 16 heteroatoms. The zero-order valence-electron chi connectivity index (χ0n) is 29.4. The van der Waals surface area contributed by atoms with Gasteiger partial charge in [-0.3, -0.25) is 9.20 Å². The highest BCUT2D eigenvalue weighted by molar-refractivity contribution is 6.04. The number of hydrogen-bond acceptors (Lipinski definition) is 13. The van der Waals surface area contributed by atoms with E-state index in [-0.39, 0.29) is 36.7 Å². The summed E-state index contributed by atoms with van der Waals surface area (Å²) in [6.45, 7) is 3.04. The Balaban J connectivity index is 1.02. The summed E-state index contributed by atoms with van der Waals surface area (Å²) in [5, 5.41) is 9.33. The molecule has 2 atom stereocenters. The van der Waals surface area contributed by atoms with Gasteiger partial charge in [-0.15, -0.1) is 0 Å². The number of imidazole rings is 1. The molecule has 1 aliphatic rings. The van der Waals surface area contributed by atoms with Crippen molar-refractivity contribution in [3.8, 4) is 11.5 Å². The van der Waals surface area contributed by atoms with Crippen LogP contribution < -0.4 is 36.9 Å². The topological polar surface area (TPSA) is 208 Å². The Morgan fingerprint density at radius 1 is 0.923 bits per heavy atom. The number of ether oxygens (including phenoxy) is 6. The molecule has 16 nitrogen and oxygen atoms in total. The monoisotopic (exact) mass is 720 g/mol. The van der Waals surface area contributed by atoms with Gasteiger partial charge in [0, 0.05) is 54.9 Å². The lowest BCUT2D eigenvalue weighted by Crippen LogP contribution is -2.43. The zero-order valence-corrected chi connectivity index (χ0v) is 29.4. The third-order valence-corrected chi connectivity index (χ3v) is 8.27. The average molecular weight is 721 g/mol. The normalized spacial score (nSPS) is 15.6. The number of alkyl carbamates (subject to hydrolysis) is 1. The van der Waals surface area contributed by atoms with Gasteiger partial charge >= 0.3 is 6.09 Å². The second kappa shape index (κ2) is 20.0. The lowest BCUT2D eigenvalue weighted by Gasteiger charge is -2.30. The molecule has 2 aromatic heterocycles. The van der Waals surface area contributed by atoms with E-state index in [0.717, 1.165) is 31.2 Å². The van der Waals surface area contributed by atoms with Crippen LogP contribution in [0.5, 0.6) is 11.5 Å². The Bertz CT molecular complexity index is 1720. The van der Waals surface area contributed by atoms with Crippen molar-refractivity contribution in [2.75, 3.05) is 70.5 Å². The number of nitrogens with one attached hydrogen (secondary N) is 3. The molecule has 0 bridgehead atoms. The van der Waals surface area contributed by atoms with Gasteiger partial charge in [0.05, 0.1) is 46.8 Å². The number of rotatable bonds is 21. The standard InChI is InChI=1S/C36H48N8O8/c1-47-27-21-26(41-33-31(32(38)45)34-39-11-13-44(34)35(43-33)42-30-10-6-5-9-29(30)37)22-28(23-27)51-20-19-50-18-17-49-16-15-48-14-12-40-36(46)52-24-25-7-3-2-4-8-25/h2-4,7-8,11,13,21-23,29-30,41H,5-6,9-10,12,14-20,24,37H2,1H3,(H2,38,45)(H,40,46)(H,42,43)/t29-,30+/m1/s1. The minimum atomic E-state index is -0.675. The first kappa shape index (κ1) is 38.1. The first-order valence-electron chi connectivity index (χ1n) is 17.4. The van der Waals surface area contributed by atoms with Crippen molar-refractivity contribution in [2.24, 2.45) is 11.5 Å². The second-order valence-electron chi connectivity index (χ2n) is 12.0. The molecule has 1 fully saturated rings. The lowest BCUT2D eigenvalue weighted by atomic mass is 9.91. The molecule has 0 radical (unpaired) electrons. The largest absolute Gasteiger partial charge is 0.497 e. The van der Waals surface area contributed by atoms with Gasteiger partial charge in [0.15, 0.2) is 11.5 Å². The quantitative estimate of drug-likeness (QED) is 0.0781. The van der Waals surface area contributed by atoms with E-state index in [0.29, 0.717) is 75.0 Å². The molecular weight excluding hydrogens is 672 g/mol. The van der Waals surface area contributed by atoms with Crippen LogP contribution >= 0.6 is 0 Å². The molecule has 4 aromatic rings. The second-order valence-corrected chi connectivity index (χ2v) is 12.0. The highest BCUT2D eigenvalue weighted by Gasteiger charge is 2.25. The summed E-state index contributed by atoms with van der Waals surface area (Å²) in [5.41, 5.74) is 14.2. The molecule has 0 aliphatic heterocycles. The Labute approximate surface area is 302 Å². The van der Waals surface area contributed by atoms with Crippen LogP contribution in [0.1, 0.15) is 41.6 Å². The molecule has 2 aromatic carbocycles. The maximum atomic E-state index is 12.6. The van der Waals surface area contributed by atoms with Crippen LogP contribution in [0.2, 0.25) is 0 Å². The molecule has 2 amide bonds. The SMILES string of the molecule is COc1cc(Nc2nc(N[C@H]3CCCC[C@H]3N)n3ccnc3c2C(N)=O)cc(OCCOCCOCCOCCNC(=O)OCc2ccccc2)c1. The molecule has 0 spiro atoms. The van der Waals surface area contributed by atoms with Crippen LogP contribution in [0.4, 0.5) is 22.2 Å². The number of primary amides is 1. The Morgan fingerprint density at radius 3 is 2.37 bits per heavy atom. The molecular formula is C36H48N8O8. The van der Waals surface area contributed by atoms with Crippen molar-refractivity contribution >= 4 is 35.1 Å². The van der Waals surface area contributed by atoms with E-state index in [2.05, 4.69) is 20.9 Å². The molecule has 1 aliphatic carbocycles. The third-order valence-electron chi connectivity index (χ3n) is 8.27. The molecule has 0 saturated heterocycles. The minimum absolute atomic E-state index is 0.0131. The predicted octanol–water partition coefficient (Wildman–Crippen LogP) is 3.62. The van der Waals surface area contributed by atoms with Gasteiger partial charge < -0.3 is 55.8 Å². The maximum absolute atomic E-state index is 12.6. The number of carbonyl (C=O) groups excluding carboxylic acids is 2. The van der Waals surface area contributed by atoms with Gasteiger partial charge in [0.25, 0.3) is 5.91 Å². The van der Waals surface area contributed by atoms with E-state index in [1.54, 1.807) is 42.1 Å². The summed E-state index contributed by atoms with van der Waals surface area (Å²) >= 11 is 0. The number of benzene rings is 2. The molecule has 52 heavy (non-hydrogen) atoms. The van der Waals surface area contributed by atoms with Crippen LogP contribution in [0, 0.1) is 0 Å². The van der Waals surface area contributed by atoms with Crippen molar-refractivity contribution in [1.29, 1.82) is 0 Å². The predicted molar refractivity (Wildman–Crippen MR) is 194 cm³/mol. The molecule has 2 heterocycles. The van der Waals surface area contributed by atoms with E-state index in [1.165, 1.54) is 0 Å². The number of amides is 2. The van der Waals surface area contributed by atoms with Crippen molar-refractivity contribution in [3.63, 3.8) is 0 Å². The Hall–Kier alpha value is -5.16. The summed E-state index contributed by atoms with van der Waals surface area (Å²) in [7, 11) is 1.55. The zero-order chi connectivity index (χ0) is 36.5. The van der Waals surface area contributed by atoms with Gasteiger partial charge in [-0.2, -0.15) is 4.98 Å². The van der Waals surface area contributed by atoms with Crippen molar-refractivity contribution < 1.29 is 38.0 Å². The number of methoxy groups -OCH3 is 1. The fraction of sp³-hybridized carbons (Fsp3) is 0.444. The van der Waals surface area contributed by atoms with Gasteiger partial charge in [0.1, 0.15) is 30.3 Å². The fourth-order valence-electron chi connectivity index (χ4n) is 5.65. The van der Waals surface area contributed by atoms with Crippen molar-refractivity contribution in [2.45, 2.75) is 44.4 Å². The molecule has 5 rings (SSSR count). The Morgan fingerprint density at radius 2 is 1.63 bits per heavy atom. The molecule has 1 saturated carbocycles. The smallest absolute Gasteiger partial charge is 0.407 e. The van der Waals surface area contributed by atoms with Gasteiger partial charge in [-0.25, -0.2) is 9.78 Å². The van der Waals surface area contributed by atoms with E-state index in [4.69, 9.17) is 44.9 Å². The summed E-state index contributed by atoms with van der Waals surface area (Å²) in [4.78, 5) is 33.5. The maximum Gasteiger partial charge on any atom is 0.407 e. The number of hydrogen-bond donors (Lipinski definition) is 5. The number of anilines is 3. The van der Waals surface area contributed by atoms with E-state index in [1.807, 2.05) is 30.3 Å². The van der Waals surface area contributed by atoms with E-state index < -0.39 is 12.0 Å². The summed E-state index contributed by atoms with van der Waals surface area (Å²) in [6, 6.07) is 14.8. The summed E-state index contributed by atoms with van der Waals surface area (Å²) in [6.07, 6.45) is 6.84. The van der Waals surface area contributed by atoms with Crippen molar-refractivity contribution in [3.05, 3.63) is 72.1 Å². The summed E-state index contributed by atoms with van der Waals surface area (Å²) < 4.78 is 34.9. The van der Waals surface area contributed by atoms with Crippen LogP contribution in [0.25, 0.3) is 5.65 Å². The van der Waals surface area contributed by atoms with Crippen LogP contribution in [-0.4, -0.2) is 98.4 Å². The highest BCUT2D eigenvalue weighted by Crippen LogP contribution is 2.31. The highest BCUT2D eigenvalue weighted by atomic mass is 16.6. The van der Waals surface area contributed by atoms with Gasteiger partial charge in [-0.1, -0.05) is 43.2 Å². The molecule has 7 N–H and O–H groups in total. The summed E-state index contributed by atoms with van der Waals surface area (Å²) in [5.74, 6) is 1.12. The van der Waals surface area contributed by atoms with Gasteiger partial charge in [0.2, 0.25) is 5.95 Å². The molecule has 280 valence electrons. The van der Waals surface area contributed by atoms with Crippen LogP contribution in [0.15, 0.2) is 60.9 Å². The number of nitrogens with zero attached hydrogens (tertiary/aromatic N) is 3. The first-order valence-corrected chi connectivity index (χ1v) is 17.4. The number of fused-ring (bicyclic) bond motifs is 1. The third kappa shape index (κ3) is 11.4. The average Bonchev–Trinajstić information content (AvgIpc) is 3.64. The van der Waals surface area contributed by atoms with Crippen molar-refractivity contribution in [1.82, 2.24) is 19.7 Å².